The van der Waals surface area contributed by atoms with Gasteiger partial charge in [0, 0.05) is 17.9 Å². The highest BCUT2D eigenvalue weighted by Crippen LogP contribution is 2.36. The van der Waals surface area contributed by atoms with Crippen molar-refractivity contribution in [3.05, 3.63) is 28.8 Å². The van der Waals surface area contributed by atoms with Crippen LogP contribution in [0.3, 0.4) is 0 Å². The van der Waals surface area contributed by atoms with Crippen molar-refractivity contribution in [3.63, 3.8) is 0 Å². The molecule has 0 aromatic heterocycles. The van der Waals surface area contributed by atoms with Crippen molar-refractivity contribution >= 4 is 33.2 Å². The summed E-state index contributed by atoms with van der Waals surface area (Å²) in [5.41, 5.74) is 2.58. The normalized spacial score (nSPS) is 16.1. The molecule has 0 heterocycles. The first-order chi connectivity index (χ1) is 9.63. The van der Waals surface area contributed by atoms with Crippen molar-refractivity contribution in [1.29, 1.82) is 0 Å². The topological polar surface area (TPSA) is 3.24 Å². The Kier molecular flexibility index (Phi) is 6.22. The van der Waals surface area contributed by atoms with Crippen LogP contribution in [0.2, 0.25) is 5.02 Å². The van der Waals surface area contributed by atoms with Crippen LogP contribution in [0, 0.1) is 5.92 Å². The van der Waals surface area contributed by atoms with Gasteiger partial charge >= 0.3 is 0 Å². The Bertz CT molecular complexity index is 427. The molecule has 2 rings (SSSR count). The first-order valence-corrected chi connectivity index (χ1v) is 9.23. The maximum absolute atomic E-state index is 6.53. The molecule has 0 unspecified atom stereocenters. The average Bonchev–Trinajstić information content (AvgIpc) is 2.94. The van der Waals surface area contributed by atoms with Gasteiger partial charge in [-0.25, -0.2) is 0 Å². The zero-order valence-electron chi connectivity index (χ0n) is 12.5. The summed E-state index contributed by atoms with van der Waals surface area (Å²) in [6.45, 7) is 5.71. The largest absolute Gasteiger partial charge is 0.367 e. The first kappa shape index (κ1) is 16.2. The van der Waals surface area contributed by atoms with Gasteiger partial charge in [-0.15, -0.1) is 0 Å². The van der Waals surface area contributed by atoms with Crippen LogP contribution in [0.25, 0.3) is 0 Å². The summed E-state index contributed by atoms with van der Waals surface area (Å²) in [6.07, 6.45) is 6.56. The van der Waals surface area contributed by atoms with Gasteiger partial charge in [0.25, 0.3) is 0 Å². The lowest BCUT2D eigenvalue weighted by atomic mass is 10.1. The predicted molar refractivity (Wildman–Crippen MR) is 93.1 cm³/mol. The van der Waals surface area contributed by atoms with E-state index in [0.29, 0.717) is 6.04 Å². The Morgan fingerprint density at radius 1 is 1.30 bits per heavy atom. The zero-order chi connectivity index (χ0) is 14.5. The quantitative estimate of drug-likeness (QED) is 0.561. The molecule has 0 amide bonds. The van der Waals surface area contributed by atoms with Crippen LogP contribution in [0.5, 0.6) is 0 Å². The molecule has 0 spiro atoms. The summed E-state index contributed by atoms with van der Waals surface area (Å²) in [5.74, 6) is 0.730. The lowest BCUT2D eigenvalue weighted by molar-refractivity contribution is 0.528. The van der Waals surface area contributed by atoms with E-state index in [0.717, 1.165) is 22.8 Å². The van der Waals surface area contributed by atoms with E-state index in [1.165, 1.54) is 43.4 Å². The van der Waals surface area contributed by atoms with Crippen LogP contribution in [-0.4, -0.2) is 12.6 Å². The minimum absolute atomic E-state index is 0.673. The first-order valence-electron chi connectivity index (χ1n) is 7.73. The van der Waals surface area contributed by atoms with E-state index >= 15 is 0 Å². The molecular formula is C17H25BrClN. The van der Waals surface area contributed by atoms with Gasteiger partial charge in [0.2, 0.25) is 0 Å². The molecule has 20 heavy (non-hydrogen) atoms. The van der Waals surface area contributed by atoms with Crippen LogP contribution >= 0.6 is 27.5 Å². The third kappa shape index (κ3) is 3.92. The van der Waals surface area contributed by atoms with Gasteiger partial charge in [-0.3, -0.25) is 0 Å². The van der Waals surface area contributed by atoms with Crippen molar-refractivity contribution in [1.82, 2.24) is 0 Å². The molecule has 0 saturated heterocycles. The molecule has 0 N–H and O–H groups in total. The second kappa shape index (κ2) is 7.70. The molecule has 112 valence electrons. The van der Waals surface area contributed by atoms with Gasteiger partial charge in [-0.2, -0.15) is 0 Å². The van der Waals surface area contributed by atoms with Crippen molar-refractivity contribution in [2.45, 2.75) is 57.3 Å². The minimum Gasteiger partial charge on any atom is -0.367 e. The molecule has 1 fully saturated rings. The molecule has 1 aromatic rings. The van der Waals surface area contributed by atoms with Crippen LogP contribution in [-0.2, 0) is 5.33 Å². The van der Waals surface area contributed by atoms with Crippen molar-refractivity contribution in [2.24, 2.45) is 5.92 Å². The fourth-order valence-electron chi connectivity index (χ4n) is 3.08. The summed E-state index contributed by atoms with van der Waals surface area (Å²) in [6, 6.07) is 6.94. The van der Waals surface area contributed by atoms with E-state index in [2.05, 4.69) is 46.8 Å². The minimum atomic E-state index is 0.673. The van der Waals surface area contributed by atoms with E-state index < -0.39 is 0 Å². The molecule has 0 bridgehead atoms. The Morgan fingerprint density at radius 3 is 2.60 bits per heavy atom. The summed E-state index contributed by atoms with van der Waals surface area (Å²) in [4.78, 5) is 2.59. The Labute approximate surface area is 136 Å². The summed E-state index contributed by atoms with van der Waals surface area (Å²) in [7, 11) is 0. The van der Waals surface area contributed by atoms with Crippen molar-refractivity contribution in [3.8, 4) is 0 Å². The lowest BCUT2D eigenvalue weighted by Crippen LogP contribution is -2.35. The molecule has 1 aromatic carbocycles. The summed E-state index contributed by atoms with van der Waals surface area (Å²) >= 11 is 10.1. The molecule has 1 aliphatic carbocycles. The molecular weight excluding hydrogens is 334 g/mol. The SMILES string of the molecule is CC(C)CCN(c1c(Cl)cccc1CBr)C1CCCC1. The maximum Gasteiger partial charge on any atom is 0.0642 e. The van der Waals surface area contributed by atoms with Gasteiger partial charge in [0.1, 0.15) is 0 Å². The van der Waals surface area contributed by atoms with E-state index in [1.54, 1.807) is 0 Å². The number of hydrogen-bond donors (Lipinski definition) is 0. The Hall–Kier alpha value is -0.210. The zero-order valence-corrected chi connectivity index (χ0v) is 14.9. The number of alkyl halides is 1. The number of halogens is 2. The lowest BCUT2D eigenvalue weighted by Gasteiger charge is -2.34. The molecule has 1 nitrogen and oxygen atoms in total. The standard InChI is InChI=1S/C17H25BrClN/c1-13(2)10-11-20(15-7-3-4-8-15)17-14(12-18)6-5-9-16(17)19/h5-6,9,13,15H,3-4,7-8,10-12H2,1-2H3. The Morgan fingerprint density at radius 2 is 2.00 bits per heavy atom. The number of benzene rings is 1. The third-order valence-electron chi connectivity index (χ3n) is 4.21. The number of para-hydroxylation sites is 1. The van der Waals surface area contributed by atoms with Crippen LogP contribution in [0.4, 0.5) is 5.69 Å². The van der Waals surface area contributed by atoms with Crippen LogP contribution in [0.1, 0.15) is 51.5 Å². The summed E-state index contributed by atoms with van der Waals surface area (Å²) in [5, 5.41) is 1.77. The highest BCUT2D eigenvalue weighted by Gasteiger charge is 2.25. The number of hydrogen-bond acceptors (Lipinski definition) is 1. The third-order valence-corrected chi connectivity index (χ3v) is 5.12. The summed E-state index contributed by atoms with van der Waals surface area (Å²) < 4.78 is 0. The smallest absolute Gasteiger partial charge is 0.0642 e. The number of rotatable bonds is 6. The maximum atomic E-state index is 6.53. The second-order valence-electron chi connectivity index (χ2n) is 6.20. The number of nitrogens with zero attached hydrogens (tertiary/aromatic N) is 1. The van der Waals surface area contributed by atoms with Gasteiger partial charge in [-0.1, -0.05) is 66.4 Å². The van der Waals surface area contributed by atoms with Gasteiger partial charge in [-0.05, 0) is 36.8 Å². The predicted octanol–water partition coefficient (Wildman–Crippen LogP) is 6.03. The monoisotopic (exact) mass is 357 g/mol. The fourth-order valence-corrected chi connectivity index (χ4v) is 3.83. The highest BCUT2D eigenvalue weighted by atomic mass is 79.9. The van der Waals surface area contributed by atoms with Crippen molar-refractivity contribution < 1.29 is 0 Å². The van der Waals surface area contributed by atoms with E-state index in [9.17, 15) is 0 Å². The van der Waals surface area contributed by atoms with Crippen LogP contribution < -0.4 is 4.90 Å². The molecule has 1 aliphatic rings. The van der Waals surface area contributed by atoms with Gasteiger partial charge in [0.05, 0.1) is 10.7 Å². The molecule has 0 atom stereocenters. The molecule has 1 saturated carbocycles. The Balaban J connectivity index is 2.29. The van der Waals surface area contributed by atoms with Crippen molar-refractivity contribution in [2.75, 3.05) is 11.4 Å². The average molecular weight is 359 g/mol. The van der Waals surface area contributed by atoms with Gasteiger partial charge < -0.3 is 4.90 Å². The van der Waals surface area contributed by atoms with E-state index in [-0.39, 0.29) is 0 Å². The van der Waals surface area contributed by atoms with E-state index in [1.807, 2.05) is 6.07 Å². The van der Waals surface area contributed by atoms with E-state index in [4.69, 9.17) is 11.6 Å². The second-order valence-corrected chi connectivity index (χ2v) is 7.16. The van der Waals surface area contributed by atoms with Crippen LogP contribution in [0.15, 0.2) is 18.2 Å². The molecule has 0 radical (unpaired) electrons. The highest BCUT2D eigenvalue weighted by molar-refractivity contribution is 9.08. The van der Waals surface area contributed by atoms with Gasteiger partial charge in [0.15, 0.2) is 0 Å². The molecule has 3 heteroatoms. The molecule has 0 aliphatic heterocycles. The fraction of sp³-hybridized carbons (Fsp3) is 0.647. The number of anilines is 1.